The van der Waals surface area contributed by atoms with Crippen molar-refractivity contribution in [1.29, 1.82) is 0 Å². The van der Waals surface area contributed by atoms with Crippen LogP contribution in [0, 0.1) is 0 Å². The van der Waals surface area contributed by atoms with E-state index in [1.807, 2.05) is 12.1 Å². The fourth-order valence-corrected chi connectivity index (χ4v) is 2.17. The molecular weight excluding hydrogens is 252 g/mol. The molecular formula is C16H28N2O2. The highest BCUT2D eigenvalue weighted by molar-refractivity contribution is 5.30. The molecule has 0 aliphatic carbocycles. The van der Waals surface area contributed by atoms with Crippen LogP contribution in [-0.2, 0) is 0 Å². The summed E-state index contributed by atoms with van der Waals surface area (Å²) < 4.78 is 5.66. The maximum atomic E-state index is 8.87. The number of nitrogens with one attached hydrogen (secondary N) is 1. The van der Waals surface area contributed by atoms with Crippen LogP contribution in [0.5, 0.6) is 5.75 Å². The van der Waals surface area contributed by atoms with Crippen molar-refractivity contribution in [3.8, 4) is 5.75 Å². The van der Waals surface area contributed by atoms with Gasteiger partial charge >= 0.3 is 0 Å². The minimum Gasteiger partial charge on any atom is -0.494 e. The first-order valence-corrected chi connectivity index (χ1v) is 7.51. The molecule has 20 heavy (non-hydrogen) atoms. The molecule has 0 heterocycles. The molecule has 4 nitrogen and oxygen atoms in total. The van der Waals surface area contributed by atoms with Crippen LogP contribution in [0.25, 0.3) is 0 Å². The molecule has 0 radical (unpaired) electrons. The molecule has 0 aromatic heterocycles. The average molecular weight is 280 g/mol. The van der Waals surface area contributed by atoms with Gasteiger partial charge in [0, 0.05) is 25.2 Å². The van der Waals surface area contributed by atoms with E-state index in [0.717, 1.165) is 37.2 Å². The van der Waals surface area contributed by atoms with E-state index in [9.17, 15) is 0 Å². The monoisotopic (exact) mass is 280 g/mol. The Hall–Kier alpha value is -1.10. The summed E-state index contributed by atoms with van der Waals surface area (Å²) in [6.07, 6.45) is 2.76. The van der Waals surface area contributed by atoms with E-state index >= 15 is 0 Å². The summed E-state index contributed by atoms with van der Waals surface area (Å²) in [7, 11) is 0. The van der Waals surface area contributed by atoms with E-state index in [4.69, 9.17) is 15.6 Å². The Morgan fingerprint density at radius 2 is 2.20 bits per heavy atom. The second-order valence-electron chi connectivity index (χ2n) is 5.14. The van der Waals surface area contributed by atoms with Crippen LogP contribution in [-0.4, -0.2) is 30.9 Å². The van der Waals surface area contributed by atoms with Gasteiger partial charge < -0.3 is 20.9 Å². The summed E-state index contributed by atoms with van der Waals surface area (Å²) in [5, 5.41) is 12.4. The van der Waals surface area contributed by atoms with Crippen molar-refractivity contribution < 1.29 is 9.84 Å². The molecule has 0 amide bonds. The molecule has 1 aromatic rings. The zero-order chi connectivity index (χ0) is 14.8. The van der Waals surface area contributed by atoms with Crippen LogP contribution in [0.15, 0.2) is 24.3 Å². The predicted octanol–water partition coefficient (Wildman–Crippen LogP) is 2.23. The fraction of sp³-hybridized carbons (Fsp3) is 0.625. The molecule has 114 valence electrons. The molecule has 0 spiro atoms. The lowest BCUT2D eigenvalue weighted by molar-refractivity contribution is 0.274. The van der Waals surface area contributed by atoms with Crippen molar-refractivity contribution in [3.63, 3.8) is 0 Å². The first-order valence-electron chi connectivity index (χ1n) is 7.51. The second-order valence-corrected chi connectivity index (χ2v) is 5.14. The van der Waals surface area contributed by atoms with E-state index in [0.29, 0.717) is 12.6 Å². The Bertz CT molecular complexity index is 371. The molecule has 0 fully saturated rings. The van der Waals surface area contributed by atoms with Gasteiger partial charge in [0.05, 0.1) is 6.61 Å². The number of hydrogen-bond donors (Lipinski definition) is 3. The van der Waals surface area contributed by atoms with Crippen LogP contribution in [0.1, 0.15) is 44.7 Å². The highest BCUT2D eigenvalue weighted by Gasteiger charge is 2.13. The van der Waals surface area contributed by atoms with Crippen LogP contribution in [0.4, 0.5) is 0 Å². The normalized spacial score (nSPS) is 14.0. The van der Waals surface area contributed by atoms with Crippen LogP contribution in [0.2, 0.25) is 0 Å². The van der Waals surface area contributed by atoms with Crippen molar-refractivity contribution in [2.24, 2.45) is 5.73 Å². The summed E-state index contributed by atoms with van der Waals surface area (Å²) in [6.45, 7) is 5.73. The summed E-state index contributed by atoms with van der Waals surface area (Å²) in [5.41, 5.74) is 7.03. The van der Waals surface area contributed by atoms with Gasteiger partial charge in [-0.15, -0.1) is 0 Å². The third kappa shape index (κ3) is 5.90. The van der Waals surface area contributed by atoms with Gasteiger partial charge in [-0.25, -0.2) is 0 Å². The topological polar surface area (TPSA) is 67.5 Å². The van der Waals surface area contributed by atoms with Crippen molar-refractivity contribution in [2.45, 2.75) is 45.2 Å². The van der Waals surface area contributed by atoms with Gasteiger partial charge in [-0.05, 0) is 43.9 Å². The van der Waals surface area contributed by atoms with E-state index in [1.54, 1.807) is 0 Å². The third-order valence-electron chi connectivity index (χ3n) is 3.25. The minimum atomic E-state index is 0.119. The Morgan fingerprint density at radius 3 is 2.85 bits per heavy atom. The lowest BCUT2D eigenvalue weighted by atomic mass is 10.0. The smallest absolute Gasteiger partial charge is 0.119 e. The van der Waals surface area contributed by atoms with Gasteiger partial charge in [0.25, 0.3) is 0 Å². The van der Waals surface area contributed by atoms with Crippen molar-refractivity contribution in [2.75, 3.05) is 19.8 Å². The largest absolute Gasteiger partial charge is 0.494 e. The summed E-state index contributed by atoms with van der Waals surface area (Å²) in [4.78, 5) is 0. The number of ether oxygens (including phenoxy) is 1. The van der Waals surface area contributed by atoms with Gasteiger partial charge in [0.15, 0.2) is 0 Å². The zero-order valence-corrected chi connectivity index (χ0v) is 12.6. The first kappa shape index (κ1) is 17.0. The Morgan fingerprint density at radius 1 is 1.40 bits per heavy atom. The van der Waals surface area contributed by atoms with E-state index in [1.165, 1.54) is 0 Å². The van der Waals surface area contributed by atoms with Crippen molar-refractivity contribution in [3.05, 3.63) is 29.8 Å². The molecule has 0 bridgehead atoms. The molecule has 1 aromatic carbocycles. The van der Waals surface area contributed by atoms with Gasteiger partial charge in [-0.2, -0.15) is 0 Å². The van der Waals surface area contributed by atoms with Gasteiger partial charge in [-0.3, -0.25) is 0 Å². The summed E-state index contributed by atoms with van der Waals surface area (Å²) in [5.74, 6) is 0.896. The molecule has 2 unspecified atom stereocenters. The van der Waals surface area contributed by atoms with Crippen LogP contribution < -0.4 is 15.8 Å². The van der Waals surface area contributed by atoms with Gasteiger partial charge in [0.2, 0.25) is 0 Å². The molecule has 0 aliphatic heterocycles. The number of aliphatic hydroxyl groups is 1. The molecule has 2 atom stereocenters. The first-order chi connectivity index (χ1) is 9.71. The Kier molecular flexibility index (Phi) is 8.26. The Labute approximate surface area is 122 Å². The van der Waals surface area contributed by atoms with Crippen molar-refractivity contribution >= 4 is 0 Å². The molecule has 4 N–H and O–H groups in total. The fourth-order valence-electron chi connectivity index (χ4n) is 2.17. The SMILES string of the molecule is CCCOc1cccc(C(CN)NC(C)CCCO)c1. The maximum Gasteiger partial charge on any atom is 0.119 e. The number of hydrogen-bond acceptors (Lipinski definition) is 4. The molecule has 0 saturated heterocycles. The zero-order valence-electron chi connectivity index (χ0n) is 12.6. The van der Waals surface area contributed by atoms with E-state index < -0.39 is 0 Å². The molecule has 0 aliphatic rings. The Balaban J connectivity index is 2.63. The number of aliphatic hydroxyl groups excluding tert-OH is 1. The lowest BCUT2D eigenvalue weighted by Gasteiger charge is -2.23. The quantitative estimate of drug-likeness (QED) is 0.615. The standard InChI is InChI=1S/C16H28N2O2/c1-3-10-20-15-8-4-7-14(11-15)16(12-17)18-13(2)6-5-9-19/h4,7-8,11,13,16,18-19H,3,5-6,9-10,12,17H2,1-2H3. The second kappa shape index (κ2) is 9.75. The minimum absolute atomic E-state index is 0.119. The maximum absolute atomic E-state index is 8.87. The third-order valence-corrected chi connectivity index (χ3v) is 3.25. The predicted molar refractivity (Wildman–Crippen MR) is 82.9 cm³/mol. The molecule has 0 saturated carbocycles. The van der Waals surface area contributed by atoms with Crippen LogP contribution in [0.3, 0.4) is 0 Å². The van der Waals surface area contributed by atoms with Gasteiger partial charge in [0.1, 0.15) is 5.75 Å². The van der Waals surface area contributed by atoms with E-state index in [-0.39, 0.29) is 12.6 Å². The highest BCUT2D eigenvalue weighted by atomic mass is 16.5. The number of nitrogens with two attached hydrogens (primary N) is 1. The summed E-state index contributed by atoms with van der Waals surface area (Å²) >= 11 is 0. The van der Waals surface area contributed by atoms with Crippen LogP contribution >= 0.6 is 0 Å². The summed E-state index contributed by atoms with van der Waals surface area (Å²) in [6, 6.07) is 8.55. The van der Waals surface area contributed by atoms with Gasteiger partial charge in [-0.1, -0.05) is 19.1 Å². The molecule has 1 rings (SSSR count). The number of benzene rings is 1. The average Bonchev–Trinajstić information content (AvgIpc) is 2.48. The highest BCUT2D eigenvalue weighted by Crippen LogP contribution is 2.20. The van der Waals surface area contributed by atoms with Crippen molar-refractivity contribution in [1.82, 2.24) is 5.32 Å². The molecule has 4 heteroatoms. The lowest BCUT2D eigenvalue weighted by Crippen LogP contribution is -2.35. The number of rotatable bonds is 10. The van der Waals surface area contributed by atoms with E-state index in [2.05, 4.69) is 31.3 Å².